The Morgan fingerprint density at radius 1 is 1.56 bits per heavy atom. The summed E-state index contributed by atoms with van der Waals surface area (Å²) in [5, 5.41) is 0. The van der Waals surface area contributed by atoms with Crippen LogP contribution in [0, 0.1) is 0 Å². The highest BCUT2D eigenvalue weighted by atomic mass is 16.5. The van der Waals surface area contributed by atoms with Crippen molar-refractivity contribution >= 4 is 5.91 Å². The second-order valence-electron chi connectivity index (χ2n) is 4.53. The number of carbonyl (C=O) groups excluding carboxylic acids is 1. The summed E-state index contributed by atoms with van der Waals surface area (Å²) < 4.78 is 4.93. The molecule has 1 amide bonds. The van der Waals surface area contributed by atoms with E-state index >= 15 is 0 Å². The zero-order valence-electron chi connectivity index (χ0n) is 10.5. The first kappa shape index (κ1) is 13.4. The largest absolute Gasteiger partial charge is 0.385 e. The maximum absolute atomic E-state index is 12.0. The molecule has 0 aliphatic carbocycles. The SMILES string of the molecule is COCCC(N)C(=O)N1CCN(C)CC1C. The van der Waals surface area contributed by atoms with Crippen molar-refractivity contribution in [3.63, 3.8) is 0 Å². The van der Waals surface area contributed by atoms with Crippen LogP contribution in [-0.4, -0.2) is 68.2 Å². The second-order valence-corrected chi connectivity index (χ2v) is 4.53. The van der Waals surface area contributed by atoms with Crippen LogP contribution < -0.4 is 5.73 Å². The van der Waals surface area contributed by atoms with Crippen LogP contribution in [0.5, 0.6) is 0 Å². The Bertz CT molecular complexity index is 235. The maximum atomic E-state index is 12.0. The molecule has 0 bridgehead atoms. The third-order valence-corrected chi connectivity index (χ3v) is 3.06. The lowest BCUT2D eigenvalue weighted by atomic mass is 10.1. The molecule has 0 spiro atoms. The van der Waals surface area contributed by atoms with E-state index in [4.69, 9.17) is 10.5 Å². The van der Waals surface area contributed by atoms with Crippen molar-refractivity contribution in [3.05, 3.63) is 0 Å². The summed E-state index contributed by atoms with van der Waals surface area (Å²) in [6, 6.07) is -0.175. The third kappa shape index (κ3) is 3.43. The predicted octanol–water partition coefficient (Wildman–Crippen LogP) is -0.487. The summed E-state index contributed by atoms with van der Waals surface area (Å²) in [6.07, 6.45) is 0.592. The molecule has 5 heteroatoms. The van der Waals surface area contributed by atoms with Gasteiger partial charge in [-0.25, -0.2) is 0 Å². The Kier molecular flexibility index (Phi) is 5.18. The Labute approximate surface area is 97.5 Å². The summed E-state index contributed by atoms with van der Waals surface area (Å²) in [7, 11) is 3.69. The lowest BCUT2D eigenvalue weighted by Gasteiger charge is -2.39. The Balaban J connectivity index is 2.46. The molecule has 2 atom stereocenters. The normalized spacial score (nSPS) is 24.5. The highest BCUT2D eigenvalue weighted by Crippen LogP contribution is 2.10. The van der Waals surface area contributed by atoms with Gasteiger partial charge < -0.3 is 20.3 Å². The molecular weight excluding hydrogens is 206 g/mol. The molecule has 1 fully saturated rings. The second kappa shape index (κ2) is 6.18. The Hall–Kier alpha value is -0.650. The molecule has 0 saturated carbocycles. The number of methoxy groups -OCH3 is 1. The van der Waals surface area contributed by atoms with Crippen molar-refractivity contribution in [2.75, 3.05) is 40.4 Å². The summed E-state index contributed by atoms with van der Waals surface area (Å²) >= 11 is 0. The fourth-order valence-corrected chi connectivity index (χ4v) is 2.05. The van der Waals surface area contributed by atoms with Crippen LogP contribution in [0.2, 0.25) is 0 Å². The summed E-state index contributed by atoms with van der Waals surface area (Å²) in [5.74, 6) is 0.0534. The molecule has 0 aromatic carbocycles. The molecule has 1 heterocycles. The van der Waals surface area contributed by atoms with E-state index in [9.17, 15) is 4.79 Å². The van der Waals surface area contributed by atoms with Gasteiger partial charge >= 0.3 is 0 Å². The minimum absolute atomic E-state index is 0.0534. The number of nitrogens with zero attached hydrogens (tertiary/aromatic N) is 2. The summed E-state index contributed by atoms with van der Waals surface area (Å²) in [4.78, 5) is 16.2. The zero-order chi connectivity index (χ0) is 12.1. The van der Waals surface area contributed by atoms with Crippen LogP contribution in [0.4, 0.5) is 0 Å². The van der Waals surface area contributed by atoms with Crippen LogP contribution in [0.1, 0.15) is 13.3 Å². The summed E-state index contributed by atoms with van der Waals surface area (Å²) in [6.45, 7) is 5.22. The molecule has 0 aromatic heterocycles. The van der Waals surface area contributed by atoms with Crippen molar-refractivity contribution in [1.82, 2.24) is 9.80 Å². The monoisotopic (exact) mass is 229 g/mol. The van der Waals surface area contributed by atoms with Crippen molar-refractivity contribution < 1.29 is 9.53 Å². The Morgan fingerprint density at radius 2 is 2.25 bits per heavy atom. The number of nitrogens with two attached hydrogens (primary N) is 1. The molecule has 1 aliphatic rings. The first-order valence-electron chi connectivity index (χ1n) is 5.79. The van der Waals surface area contributed by atoms with Crippen molar-refractivity contribution in [2.45, 2.75) is 25.4 Å². The molecule has 1 saturated heterocycles. The minimum atomic E-state index is -0.425. The highest BCUT2D eigenvalue weighted by molar-refractivity contribution is 5.82. The maximum Gasteiger partial charge on any atom is 0.239 e. The van der Waals surface area contributed by atoms with Gasteiger partial charge in [0.2, 0.25) is 5.91 Å². The molecule has 5 nitrogen and oxygen atoms in total. The Morgan fingerprint density at radius 3 is 2.81 bits per heavy atom. The zero-order valence-corrected chi connectivity index (χ0v) is 10.5. The molecule has 16 heavy (non-hydrogen) atoms. The average molecular weight is 229 g/mol. The minimum Gasteiger partial charge on any atom is -0.385 e. The topological polar surface area (TPSA) is 58.8 Å². The molecule has 1 aliphatic heterocycles. The van der Waals surface area contributed by atoms with Gasteiger partial charge in [0.1, 0.15) is 0 Å². The molecular formula is C11H23N3O2. The quantitative estimate of drug-likeness (QED) is 0.707. The number of rotatable bonds is 4. The van der Waals surface area contributed by atoms with Crippen molar-refractivity contribution in [1.29, 1.82) is 0 Å². The number of amides is 1. The predicted molar refractivity (Wildman–Crippen MR) is 63.1 cm³/mol. The van der Waals surface area contributed by atoms with E-state index in [0.717, 1.165) is 19.6 Å². The smallest absolute Gasteiger partial charge is 0.239 e. The number of ether oxygens (including phenoxy) is 1. The summed E-state index contributed by atoms with van der Waals surface area (Å²) in [5.41, 5.74) is 5.85. The number of piperazine rings is 1. The van der Waals surface area contributed by atoms with Crippen LogP contribution in [-0.2, 0) is 9.53 Å². The van der Waals surface area contributed by atoms with Crippen LogP contribution in [0.3, 0.4) is 0 Å². The first-order valence-corrected chi connectivity index (χ1v) is 5.79. The van der Waals surface area contributed by atoms with E-state index in [1.54, 1.807) is 7.11 Å². The molecule has 2 N–H and O–H groups in total. The number of likely N-dealkylation sites (N-methyl/N-ethyl adjacent to an activating group) is 1. The molecule has 2 unspecified atom stereocenters. The number of carbonyl (C=O) groups is 1. The van der Waals surface area contributed by atoms with E-state index in [2.05, 4.69) is 18.9 Å². The average Bonchev–Trinajstić information content (AvgIpc) is 2.25. The van der Waals surface area contributed by atoms with Crippen LogP contribution in [0.25, 0.3) is 0 Å². The highest BCUT2D eigenvalue weighted by Gasteiger charge is 2.28. The van der Waals surface area contributed by atoms with Crippen LogP contribution >= 0.6 is 0 Å². The molecule has 1 rings (SSSR count). The van der Waals surface area contributed by atoms with Crippen LogP contribution in [0.15, 0.2) is 0 Å². The number of hydrogen-bond acceptors (Lipinski definition) is 4. The molecule has 0 radical (unpaired) electrons. The fraction of sp³-hybridized carbons (Fsp3) is 0.909. The van der Waals surface area contributed by atoms with E-state index in [0.29, 0.717) is 13.0 Å². The lowest BCUT2D eigenvalue weighted by Crippen LogP contribution is -2.56. The van der Waals surface area contributed by atoms with Gasteiger partial charge in [-0.15, -0.1) is 0 Å². The first-order chi connectivity index (χ1) is 7.56. The third-order valence-electron chi connectivity index (χ3n) is 3.06. The van der Waals surface area contributed by atoms with E-state index < -0.39 is 6.04 Å². The van der Waals surface area contributed by atoms with Gasteiger partial charge in [0.25, 0.3) is 0 Å². The van der Waals surface area contributed by atoms with E-state index in [-0.39, 0.29) is 11.9 Å². The van der Waals surface area contributed by atoms with Gasteiger partial charge in [0, 0.05) is 39.4 Å². The van der Waals surface area contributed by atoms with Gasteiger partial charge in [-0.2, -0.15) is 0 Å². The van der Waals surface area contributed by atoms with Crippen molar-refractivity contribution in [2.24, 2.45) is 5.73 Å². The van der Waals surface area contributed by atoms with Gasteiger partial charge in [-0.3, -0.25) is 4.79 Å². The van der Waals surface area contributed by atoms with E-state index in [1.807, 2.05) is 4.90 Å². The molecule has 0 aromatic rings. The standard InChI is InChI=1S/C11H23N3O2/c1-9-8-13(2)5-6-14(9)11(15)10(12)4-7-16-3/h9-10H,4-8,12H2,1-3H3. The van der Waals surface area contributed by atoms with E-state index in [1.165, 1.54) is 0 Å². The molecule has 94 valence electrons. The van der Waals surface area contributed by atoms with Crippen molar-refractivity contribution in [3.8, 4) is 0 Å². The lowest BCUT2D eigenvalue weighted by molar-refractivity contribution is -0.137. The van der Waals surface area contributed by atoms with Gasteiger partial charge in [0.15, 0.2) is 0 Å². The van der Waals surface area contributed by atoms with Gasteiger partial charge in [-0.05, 0) is 20.4 Å². The fourth-order valence-electron chi connectivity index (χ4n) is 2.05. The van der Waals surface area contributed by atoms with Gasteiger partial charge in [0.05, 0.1) is 6.04 Å². The van der Waals surface area contributed by atoms with Gasteiger partial charge in [-0.1, -0.05) is 0 Å². The number of hydrogen-bond donors (Lipinski definition) is 1.